The van der Waals surface area contributed by atoms with E-state index < -0.39 is 0 Å². The summed E-state index contributed by atoms with van der Waals surface area (Å²) in [5.74, 6) is 2.14. The van der Waals surface area contributed by atoms with Crippen molar-refractivity contribution in [2.24, 2.45) is 0 Å². The van der Waals surface area contributed by atoms with Crippen LogP contribution < -0.4 is 10.2 Å². The van der Waals surface area contributed by atoms with Gasteiger partial charge in [-0.05, 0) is 24.6 Å². The van der Waals surface area contributed by atoms with Crippen molar-refractivity contribution in [1.29, 1.82) is 0 Å². The van der Waals surface area contributed by atoms with Gasteiger partial charge in [0.15, 0.2) is 0 Å². The summed E-state index contributed by atoms with van der Waals surface area (Å²) in [6, 6.07) is 5.79. The first kappa shape index (κ1) is 17.8. The number of carbonyl (C=O) groups excluding carboxylic acids is 1. The number of amides is 1. The highest BCUT2D eigenvalue weighted by molar-refractivity contribution is 5.92. The molecular weight excluding hydrogens is 356 g/mol. The Balaban J connectivity index is 1.40. The highest BCUT2D eigenvalue weighted by Gasteiger charge is 2.23. The maximum atomic E-state index is 12.5. The molecule has 4 heterocycles. The fourth-order valence-electron chi connectivity index (χ4n) is 3.03. The average Bonchev–Trinajstić information content (AvgIpc) is 2.74. The lowest BCUT2D eigenvalue weighted by Gasteiger charge is -2.35. The zero-order valence-electron chi connectivity index (χ0n) is 15.5. The lowest BCUT2D eigenvalue weighted by atomic mass is 10.2. The van der Waals surface area contributed by atoms with Crippen LogP contribution in [0, 0.1) is 6.92 Å². The van der Waals surface area contributed by atoms with E-state index in [1.807, 2.05) is 25.1 Å². The summed E-state index contributed by atoms with van der Waals surface area (Å²) in [5.41, 5.74) is 1.49. The van der Waals surface area contributed by atoms with E-state index in [0.717, 1.165) is 17.2 Å². The summed E-state index contributed by atoms with van der Waals surface area (Å²) < 4.78 is 0. The molecule has 0 spiro atoms. The molecule has 3 aromatic rings. The van der Waals surface area contributed by atoms with Crippen LogP contribution in [0.5, 0.6) is 0 Å². The van der Waals surface area contributed by atoms with Gasteiger partial charge in [-0.2, -0.15) is 0 Å². The molecule has 0 radical (unpaired) electrons. The molecule has 1 amide bonds. The molecule has 0 unspecified atom stereocenters. The van der Waals surface area contributed by atoms with Crippen LogP contribution in [-0.2, 0) is 0 Å². The van der Waals surface area contributed by atoms with Crippen LogP contribution in [0.1, 0.15) is 16.1 Å². The van der Waals surface area contributed by atoms with Gasteiger partial charge < -0.3 is 15.1 Å². The summed E-state index contributed by atoms with van der Waals surface area (Å²) in [5, 5.41) is 3.20. The smallest absolute Gasteiger partial charge is 0.274 e. The zero-order valence-corrected chi connectivity index (χ0v) is 15.5. The van der Waals surface area contributed by atoms with Crippen LogP contribution in [0.4, 0.5) is 17.5 Å². The topological polar surface area (TPSA) is 100 Å². The van der Waals surface area contributed by atoms with Gasteiger partial charge in [0.2, 0.25) is 0 Å². The molecule has 9 nitrogen and oxygen atoms in total. The molecule has 0 saturated carbocycles. The monoisotopic (exact) mass is 376 g/mol. The van der Waals surface area contributed by atoms with Crippen molar-refractivity contribution in [3.05, 3.63) is 60.6 Å². The zero-order chi connectivity index (χ0) is 19.3. The lowest BCUT2D eigenvalue weighted by molar-refractivity contribution is 0.0740. The Morgan fingerprint density at radius 3 is 2.54 bits per heavy atom. The number of aryl methyl sites for hydroxylation is 1. The minimum Gasteiger partial charge on any atom is -0.353 e. The van der Waals surface area contributed by atoms with Crippen molar-refractivity contribution in [2.75, 3.05) is 36.4 Å². The van der Waals surface area contributed by atoms with Gasteiger partial charge >= 0.3 is 0 Å². The summed E-state index contributed by atoms with van der Waals surface area (Å²) >= 11 is 0. The second-order valence-corrected chi connectivity index (χ2v) is 6.47. The van der Waals surface area contributed by atoms with Crippen LogP contribution in [0.15, 0.2) is 49.3 Å². The molecule has 1 saturated heterocycles. The summed E-state index contributed by atoms with van der Waals surface area (Å²) in [6.07, 6.45) is 7.87. The van der Waals surface area contributed by atoms with E-state index in [-0.39, 0.29) is 5.91 Å². The van der Waals surface area contributed by atoms with Crippen LogP contribution in [0.3, 0.4) is 0 Å². The van der Waals surface area contributed by atoms with Crippen molar-refractivity contribution in [2.45, 2.75) is 6.92 Å². The summed E-state index contributed by atoms with van der Waals surface area (Å²) in [4.78, 5) is 37.4. The Bertz CT molecular complexity index is 957. The number of hydrogen-bond acceptors (Lipinski definition) is 8. The number of rotatable bonds is 4. The van der Waals surface area contributed by atoms with E-state index in [1.165, 1.54) is 18.7 Å². The second kappa shape index (κ2) is 7.95. The Kier molecular flexibility index (Phi) is 5.05. The van der Waals surface area contributed by atoms with Crippen LogP contribution in [0.25, 0.3) is 0 Å². The first-order valence-electron chi connectivity index (χ1n) is 9.01. The van der Waals surface area contributed by atoms with Gasteiger partial charge in [-0.1, -0.05) is 0 Å². The first-order valence-corrected chi connectivity index (χ1v) is 9.01. The molecule has 28 heavy (non-hydrogen) atoms. The van der Waals surface area contributed by atoms with Crippen molar-refractivity contribution in [1.82, 2.24) is 29.8 Å². The molecule has 1 fully saturated rings. The third kappa shape index (κ3) is 4.03. The van der Waals surface area contributed by atoms with E-state index in [9.17, 15) is 4.79 Å². The highest BCUT2D eigenvalue weighted by atomic mass is 16.2. The maximum Gasteiger partial charge on any atom is 0.274 e. The molecule has 142 valence electrons. The van der Waals surface area contributed by atoms with Crippen LogP contribution in [-0.4, -0.2) is 61.9 Å². The standard InChI is InChI=1S/C19H20N8O/c1-14-2-3-22-16(10-14)25-17-11-18(24-13-23-17)26-6-8-27(9-7-26)19(28)15-12-20-4-5-21-15/h2-5,10-13H,6-9H2,1H3,(H,22,23,24,25). The van der Waals surface area contributed by atoms with Crippen molar-refractivity contribution < 1.29 is 4.79 Å². The van der Waals surface area contributed by atoms with Gasteiger partial charge in [0.25, 0.3) is 5.91 Å². The van der Waals surface area contributed by atoms with E-state index in [1.54, 1.807) is 17.3 Å². The molecule has 0 aromatic carbocycles. The van der Waals surface area contributed by atoms with Gasteiger partial charge in [-0.3, -0.25) is 9.78 Å². The molecule has 0 bridgehead atoms. The minimum absolute atomic E-state index is 0.0942. The number of piperazine rings is 1. The quantitative estimate of drug-likeness (QED) is 0.734. The Morgan fingerprint density at radius 2 is 1.79 bits per heavy atom. The van der Waals surface area contributed by atoms with Crippen molar-refractivity contribution >= 4 is 23.4 Å². The number of hydrogen-bond donors (Lipinski definition) is 1. The SMILES string of the molecule is Cc1ccnc(Nc2cc(N3CCN(C(=O)c4cnccn4)CC3)ncn2)c1. The molecular formula is C19H20N8O. The van der Waals surface area contributed by atoms with Gasteiger partial charge in [0.1, 0.15) is 29.5 Å². The summed E-state index contributed by atoms with van der Waals surface area (Å²) in [7, 11) is 0. The summed E-state index contributed by atoms with van der Waals surface area (Å²) in [6.45, 7) is 4.58. The fraction of sp³-hybridized carbons (Fsp3) is 0.263. The molecule has 4 rings (SSSR count). The lowest BCUT2D eigenvalue weighted by Crippen LogP contribution is -2.49. The molecule has 1 aliphatic heterocycles. The number of nitrogens with one attached hydrogen (secondary N) is 1. The molecule has 0 atom stereocenters. The number of pyridine rings is 1. The number of anilines is 3. The van der Waals surface area contributed by atoms with Crippen LogP contribution >= 0.6 is 0 Å². The maximum absolute atomic E-state index is 12.5. The third-order valence-electron chi connectivity index (χ3n) is 4.50. The van der Waals surface area contributed by atoms with Gasteiger partial charge in [-0.25, -0.2) is 19.9 Å². The normalized spacial score (nSPS) is 14.0. The number of aromatic nitrogens is 5. The third-order valence-corrected chi connectivity index (χ3v) is 4.50. The van der Waals surface area contributed by atoms with Gasteiger partial charge in [-0.15, -0.1) is 0 Å². The van der Waals surface area contributed by atoms with Crippen molar-refractivity contribution in [3.8, 4) is 0 Å². The molecule has 3 aromatic heterocycles. The van der Waals surface area contributed by atoms with E-state index >= 15 is 0 Å². The molecule has 1 aliphatic rings. The second-order valence-electron chi connectivity index (χ2n) is 6.47. The minimum atomic E-state index is -0.0942. The molecule has 1 N–H and O–H groups in total. The van der Waals surface area contributed by atoms with E-state index in [0.29, 0.717) is 37.7 Å². The number of nitrogens with zero attached hydrogens (tertiary/aromatic N) is 7. The fourth-order valence-corrected chi connectivity index (χ4v) is 3.03. The number of carbonyl (C=O) groups is 1. The van der Waals surface area contributed by atoms with Crippen molar-refractivity contribution in [3.63, 3.8) is 0 Å². The highest BCUT2D eigenvalue weighted by Crippen LogP contribution is 2.19. The predicted octanol–water partition coefficient (Wildman–Crippen LogP) is 1.68. The Hall–Kier alpha value is -3.62. The van der Waals surface area contributed by atoms with Crippen LogP contribution in [0.2, 0.25) is 0 Å². The Labute approximate surface area is 162 Å². The first-order chi connectivity index (χ1) is 13.7. The van der Waals surface area contributed by atoms with Gasteiger partial charge in [0.05, 0.1) is 6.20 Å². The van der Waals surface area contributed by atoms with E-state index in [4.69, 9.17) is 0 Å². The molecule has 0 aliphatic carbocycles. The van der Waals surface area contributed by atoms with Gasteiger partial charge in [0, 0.05) is 50.8 Å². The Morgan fingerprint density at radius 1 is 0.964 bits per heavy atom. The molecule has 9 heteroatoms. The average molecular weight is 376 g/mol. The predicted molar refractivity (Wildman–Crippen MR) is 104 cm³/mol. The largest absolute Gasteiger partial charge is 0.353 e. The van der Waals surface area contributed by atoms with E-state index in [2.05, 4.69) is 35.1 Å².